The molecule has 0 amide bonds. The lowest BCUT2D eigenvalue weighted by molar-refractivity contribution is 1.08. The van der Waals surface area contributed by atoms with E-state index < -0.39 is 16.1 Å². The largest absolute Gasteiger partial charge is 0.208 e. The number of hydrogen-bond donors (Lipinski definition) is 0. The van der Waals surface area contributed by atoms with Gasteiger partial charge in [-0.15, -0.1) is 0 Å². The van der Waals surface area contributed by atoms with Gasteiger partial charge in [0.1, 0.15) is 16.1 Å². The molecule has 0 N–H and O–H groups in total. The van der Waals surface area contributed by atoms with Crippen LogP contribution in [0.2, 0.25) is 26.2 Å². The van der Waals surface area contributed by atoms with Gasteiger partial charge < -0.3 is 0 Å². The second-order valence-electron chi connectivity index (χ2n) is 30.4. The molecule has 8 heteroatoms. The molecule has 0 fully saturated rings. The summed E-state index contributed by atoms with van der Waals surface area (Å²) in [5.74, 6) is 3.88. The average Bonchev–Trinajstić information content (AvgIpc) is 1.56. The molecule has 6 nitrogen and oxygen atoms in total. The maximum absolute atomic E-state index is 5.34. The minimum Gasteiger partial charge on any atom is -0.208 e. The van der Waals surface area contributed by atoms with E-state index in [1.807, 2.05) is 36.4 Å². The third-order valence-electron chi connectivity index (χ3n) is 23.1. The molecule has 0 unspecified atom stereocenters. The molecule has 0 atom stereocenters. The smallest absolute Gasteiger partial charge is 0.165 e. The quantitative estimate of drug-likeness (QED) is 0.0949. The van der Waals surface area contributed by atoms with Crippen molar-refractivity contribution in [2.75, 3.05) is 0 Å². The molecule has 0 radical (unpaired) electrons. The van der Waals surface area contributed by atoms with Gasteiger partial charge >= 0.3 is 0 Å². The summed E-state index contributed by atoms with van der Waals surface area (Å²) < 4.78 is 0. The minimum absolute atomic E-state index is 0.637. The number of rotatable bonds is 11. The summed E-state index contributed by atoms with van der Waals surface area (Å²) in [7, 11) is -3.57. The summed E-state index contributed by atoms with van der Waals surface area (Å²) in [4.78, 5) is 31.5. The highest BCUT2D eigenvalue weighted by molar-refractivity contribution is 7.04. The standard InChI is InChI=1S/C55H39N3Si.C49H35N3Si/c1-59(2)49-24-14-13-19-43(49)48-35-42(33-34-50(48)59)51-44-20-9-11-22-46(44)52(47-23-12-10-21-45(47)51)55-57-53(40-29-25-38(26-30-40)36-15-5-3-6-16-36)56-54(58-55)41-31-27-39(28-32-41)37-17-7-4-8-18-37;1-53(2)43-27-14-13-22-37(43)42-31-35(28-29-44(42)53)45-38-23-9-11-25-40(38)46(41-26-12-10-24-39(41)45)49-51-47(33-18-7-4-8-19-33)50-48(52-49)36-21-15-20-34(30-36)32-16-5-3-6-17-32/h3-35H,1-2H3;3-31H,1-2H3. The van der Waals surface area contributed by atoms with E-state index in [1.54, 1.807) is 0 Å². The van der Waals surface area contributed by atoms with E-state index >= 15 is 0 Å². The van der Waals surface area contributed by atoms with Gasteiger partial charge in [0.2, 0.25) is 0 Å². The molecule has 0 aliphatic carbocycles. The van der Waals surface area contributed by atoms with Crippen LogP contribution in [0.5, 0.6) is 0 Å². The van der Waals surface area contributed by atoms with Crippen LogP contribution < -0.4 is 20.7 Å². The predicted octanol–water partition coefficient (Wildman–Crippen LogP) is 24.3. The molecule has 4 heterocycles. The van der Waals surface area contributed by atoms with Crippen molar-refractivity contribution in [3.05, 3.63) is 376 Å². The molecule has 0 saturated carbocycles. The molecule has 112 heavy (non-hydrogen) atoms. The van der Waals surface area contributed by atoms with Gasteiger partial charge in [0.15, 0.2) is 34.9 Å². The number of fused-ring (bicyclic) bond motifs is 10. The van der Waals surface area contributed by atoms with Crippen LogP contribution >= 0.6 is 0 Å². The Balaban J connectivity index is 0.000000147. The Labute approximate surface area is 653 Å². The highest BCUT2D eigenvalue weighted by Gasteiger charge is 2.39. The molecule has 0 saturated heterocycles. The zero-order valence-corrected chi connectivity index (χ0v) is 64.5. The van der Waals surface area contributed by atoms with Crippen LogP contribution in [-0.2, 0) is 0 Å². The van der Waals surface area contributed by atoms with Gasteiger partial charge in [-0.05, 0) is 160 Å². The molecule has 2 aliphatic rings. The van der Waals surface area contributed by atoms with Crippen LogP contribution in [0, 0.1) is 0 Å². The van der Waals surface area contributed by atoms with Gasteiger partial charge in [-0.1, -0.05) is 384 Å². The molecule has 0 bridgehead atoms. The highest BCUT2D eigenvalue weighted by Crippen LogP contribution is 2.48. The van der Waals surface area contributed by atoms with E-state index in [2.05, 4.69) is 366 Å². The molecule has 528 valence electrons. The zero-order valence-electron chi connectivity index (χ0n) is 62.5. The first-order chi connectivity index (χ1) is 55.1. The number of hydrogen-bond acceptors (Lipinski definition) is 6. The maximum Gasteiger partial charge on any atom is 0.165 e. The lowest BCUT2D eigenvalue weighted by atomic mass is 9.87. The Bertz CT molecular complexity index is 6690. The molecule has 2 aromatic heterocycles. The van der Waals surface area contributed by atoms with Crippen molar-refractivity contribution in [3.63, 3.8) is 0 Å². The van der Waals surface area contributed by atoms with E-state index in [9.17, 15) is 0 Å². The second kappa shape index (κ2) is 27.7. The van der Waals surface area contributed by atoms with E-state index in [1.165, 1.54) is 97.9 Å². The number of benzene rings is 17. The summed E-state index contributed by atoms with van der Waals surface area (Å²) in [5.41, 5.74) is 23.1. The van der Waals surface area contributed by atoms with E-state index in [4.69, 9.17) is 29.9 Å². The van der Waals surface area contributed by atoms with E-state index in [0.29, 0.717) is 34.9 Å². The second-order valence-corrected chi connectivity index (χ2v) is 39.0. The first-order valence-corrected chi connectivity index (χ1v) is 44.5. The Morgan fingerprint density at radius 2 is 0.384 bits per heavy atom. The van der Waals surface area contributed by atoms with Crippen molar-refractivity contribution in [1.29, 1.82) is 0 Å². The molecular weight excluding hydrogens is 1390 g/mol. The van der Waals surface area contributed by atoms with Crippen LogP contribution in [0.4, 0.5) is 0 Å². The first kappa shape index (κ1) is 67.6. The fourth-order valence-electron chi connectivity index (χ4n) is 17.5. The SMILES string of the molecule is C[Si]1(C)c2ccccc2-c2cc(-c3c4ccccc4c(-c4nc(-c5ccc(-c6ccccc6)cc5)nc(-c5ccc(-c6ccccc6)cc5)n4)c4ccccc34)ccc21.C[Si]1(C)c2ccccc2-c2cc(-c3c4ccccc4c(-c4nc(-c5ccccc5)nc(-c5cccc(-c6ccccc6)c5)n4)c4ccccc34)ccc21. The lowest BCUT2D eigenvalue weighted by Gasteiger charge is -2.20. The van der Waals surface area contributed by atoms with Crippen LogP contribution in [0.25, 0.3) is 189 Å². The van der Waals surface area contributed by atoms with Crippen molar-refractivity contribution >= 4 is 80.0 Å². The minimum atomic E-state index is -1.80. The first-order valence-electron chi connectivity index (χ1n) is 38.5. The normalized spacial score (nSPS) is 12.8. The Hall–Kier alpha value is -13.8. The zero-order chi connectivity index (χ0) is 75.0. The lowest BCUT2D eigenvalue weighted by Crippen LogP contribution is -2.49. The van der Waals surface area contributed by atoms with E-state index in [0.717, 1.165) is 77.2 Å². The third-order valence-corrected chi connectivity index (χ3v) is 30.2. The van der Waals surface area contributed by atoms with Crippen molar-refractivity contribution < 1.29 is 0 Å². The van der Waals surface area contributed by atoms with Gasteiger partial charge in [-0.25, -0.2) is 29.9 Å². The molecular formula is C104H74N6Si2. The van der Waals surface area contributed by atoms with Crippen molar-refractivity contribution in [2.24, 2.45) is 0 Å². The Morgan fingerprint density at radius 1 is 0.152 bits per heavy atom. The molecule has 2 aliphatic heterocycles. The van der Waals surface area contributed by atoms with Crippen LogP contribution in [0.15, 0.2) is 376 Å². The number of nitrogens with zero attached hydrogens (tertiary/aromatic N) is 6. The molecule has 19 aromatic rings. The van der Waals surface area contributed by atoms with Gasteiger partial charge in [-0.2, -0.15) is 0 Å². The summed E-state index contributed by atoms with van der Waals surface area (Å²) in [6, 6.07) is 135. The summed E-state index contributed by atoms with van der Waals surface area (Å²) >= 11 is 0. The molecule has 21 rings (SSSR count). The van der Waals surface area contributed by atoms with Crippen LogP contribution in [0.3, 0.4) is 0 Å². The third kappa shape index (κ3) is 11.8. The summed E-state index contributed by atoms with van der Waals surface area (Å²) in [6.07, 6.45) is 0. The maximum atomic E-state index is 5.34. The topological polar surface area (TPSA) is 77.3 Å². The predicted molar refractivity (Wildman–Crippen MR) is 474 cm³/mol. The van der Waals surface area contributed by atoms with Crippen LogP contribution in [-0.4, -0.2) is 46.1 Å². The fraction of sp³-hybridized carbons (Fsp3) is 0.0385. The van der Waals surface area contributed by atoms with E-state index in [-0.39, 0.29) is 0 Å². The average molecular weight is 1460 g/mol. The summed E-state index contributed by atoms with van der Waals surface area (Å²) in [6.45, 7) is 9.90. The van der Waals surface area contributed by atoms with Gasteiger partial charge in [0.25, 0.3) is 0 Å². The molecule has 0 spiro atoms. The van der Waals surface area contributed by atoms with Gasteiger partial charge in [-0.3, -0.25) is 0 Å². The fourth-order valence-corrected chi connectivity index (χ4v) is 23.7. The van der Waals surface area contributed by atoms with Crippen molar-refractivity contribution in [1.82, 2.24) is 29.9 Å². The Morgan fingerprint density at radius 3 is 0.750 bits per heavy atom. The summed E-state index contributed by atoms with van der Waals surface area (Å²) in [5, 5.41) is 15.2. The Kier molecular flexibility index (Phi) is 16.7. The number of aromatic nitrogens is 6. The highest BCUT2D eigenvalue weighted by atomic mass is 28.3. The van der Waals surface area contributed by atoms with Gasteiger partial charge in [0, 0.05) is 33.4 Å². The van der Waals surface area contributed by atoms with Gasteiger partial charge in [0.05, 0.1) is 0 Å². The van der Waals surface area contributed by atoms with Crippen molar-refractivity contribution in [3.8, 4) is 146 Å². The molecule has 17 aromatic carbocycles. The van der Waals surface area contributed by atoms with Crippen LogP contribution in [0.1, 0.15) is 0 Å². The monoisotopic (exact) mass is 1460 g/mol. The van der Waals surface area contributed by atoms with Crippen molar-refractivity contribution in [2.45, 2.75) is 26.2 Å².